The van der Waals surface area contributed by atoms with Crippen LogP contribution in [0.15, 0.2) is 40.6 Å². The molecule has 94 valence electrons. The smallest absolute Gasteiger partial charge is 0.256 e. The lowest BCUT2D eigenvalue weighted by Gasteiger charge is -2.02. The van der Waals surface area contributed by atoms with Crippen molar-refractivity contribution in [2.24, 2.45) is 4.99 Å². The molecule has 0 radical (unpaired) electrons. The Morgan fingerprint density at radius 2 is 2.22 bits per heavy atom. The molecule has 0 fully saturated rings. The molecular weight excluding hydrogens is 235 g/mol. The predicted molar refractivity (Wildman–Crippen MR) is 65.9 cm³/mol. The first-order chi connectivity index (χ1) is 8.59. The number of hydrogen-bond donors (Lipinski definition) is 2. The highest BCUT2D eigenvalue weighted by Crippen LogP contribution is 2.13. The zero-order valence-electron chi connectivity index (χ0n) is 9.90. The van der Waals surface area contributed by atoms with Crippen molar-refractivity contribution in [2.75, 3.05) is 6.54 Å². The molecule has 18 heavy (non-hydrogen) atoms. The highest BCUT2D eigenvalue weighted by atomic mass is 19.1. The first-order valence-corrected chi connectivity index (χ1v) is 5.54. The second-order valence-corrected chi connectivity index (χ2v) is 4.00. The molecule has 1 aliphatic heterocycles. The first-order valence-electron chi connectivity index (χ1n) is 5.54. The Bertz CT molecular complexity index is 550. The SMILES string of the molecule is CC(=NCc1ccccc1F)C1=C(O)CNC1=O. The standard InChI is InChI=1S/C13H13FN2O2/c1-8(12-11(17)7-16-13(12)18)15-6-9-4-2-3-5-10(9)14/h2-5,17H,6-7H2,1H3,(H,16,18). The van der Waals surface area contributed by atoms with Crippen molar-refractivity contribution < 1.29 is 14.3 Å². The van der Waals surface area contributed by atoms with E-state index in [0.29, 0.717) is 11.3 Å². The lowest BCUT2D eigenvalue weighted by Crippen LogP contribution is -2.20. The van der Waals surface area contributed by atoms with Gasteiger partial charge in [0, 0.05) is 11.3 Å². The molecule has 1 heterocycles. The zero-order chi connectivity index (χ0) is 13.1. The number of aliphatic imine (C=N–C) groups is 1. The average Bonchev–Trinajstić information content (AvgIpc) is 2.68. The normalized spacial score (nSPS) is 16.1. The highest BCUT2D eigenvalue weighted by molar-refractivity contribution is 6.22. The van der Waals surface area contributed by atoms with Crippen molar-refractivity contribution in [2.45, 2.75) is 13.5 Å². The van der Waals surface area contributed by atoms with Gasteiger partial charge in [-0.05, 0) is 13.0 Å². The van der Waals surface area contributed by atoms with E-state index in [9.17, 15) is 14.3 Å². The highest BCUT2D eigenvalue weighted by Gasteiger charge is 2.24. The third-order valence-corrected chi connectivity index (χ3v) is 2.74. The van der Waals surface area contributed by atoms with E-state index < -0.39 is 0 Å². The number of aliphatic hydroxyl groups excluding tert-OH is 1. The number of halogens is 1. The number of amides is 1. The van der Waals surface area contributed by atoms with Gasteiger partial charge >= 0.3 is 0 Å². The molecule has 0 bridgehead atoms. The molecule has 2 N–H and O–H groups in total. The van der Waals surface area contributed by atoms with E-state index in [2.05, 4.69) is 10.3 Å². The minimum absolute atomic E-state index is 0.0187. The average molecular weight is 248 g/mol. The van der Waals surface area contributed by atoms with Crippen LogP contribution in [0.5, 0.6) is 0 Å². The Balaban J connectivity index is 2.18. The third-order valence-electron chi connectivity index (χ3n) is 2.74. The Kier molecular flexibility index (Phi) is 3.41. The topological polar surface area (TPSA) is 61.7 Å². The summed E-state index contributed by atoms with van der Waals surface area (Å²) in [5.74, 6) is -0.694. The number of carbonyl (C=O) groups is 1. The van der Waals surface area contributed by atoms with Crippen LogP contribution in [-0.4, -0.2) is 23.3 Å². The Hall–Kier alpha value is -2.17. The number of rotatable bonds is 3. The van der Waals surface area contributed by atoms with Gasteiger partial charge < -0.3 is 10.4 Å². The number of nitrogens with zero attached hydrogens (tertiary/aromatic N) is 1. The van der Waals surface area contributed by atoms with Crippen molar-refractivity contribution >= 4 is 11.6 Å². The fourth-order valence-electron chi connectivity index (χ4n) is 1.75. The summed E-state index contributed by atoms with van der Waals surface area (Å²) in [4.78, 5) is 15.6. The van der Waals surface area contributed by atoms with E-state index in [1.54, 1.807) is 25.1 Å². The van der Waals surface area contributed by atoms with Crippen LogP contribution < -0.4 is 5.32 Å². The number of hydrogen-bond acceptors (Lipinski definition) is 3. The van der Waals surface area contributed by atoms with Crippen LogP contribution in [-0.2, 0) is 11.3 Å². The quantitative estimate of drug-likeness (QED) is 0.800. The maximum atomic E-state index is 13.4. The molecule has 0 atom stereocenters. The summed E-state index contributed by atoms with van der Waals surface area (Å²) in [6, 6.07) is 6.32. The molecule has 0 spiro atoms. The Morgan fingerprint density at radius 1 is 1.50 bits per heavy atom. The van der Waals surface area contributed by atoms with Gasteiger partial charge in [-0.3, -0.25) is 9.79 Å². The van der Waals surface area contributed by atoms with E-state index in [-0.39, 0.29) is 36.1 Å². The van der Waals surface area contributed by atoms with Crippen LogP contribution in [0.4, 0.5) is 4.39 Å². The summed E-state index contributed by atoms with van der Waals surface area (Å²) in [6.07, 6.45) is 0. The molecule has 0 saturated carbocycles. The van der Waals surface area contributed by atoms with E-state index >= 15 is 0 Å². The minimum atomic E-state index is -0.345. The van der Waals surface area contributed by atoms with Gasteiger partial charge in [0.05, 0.1) is 18.7 Å². The first kappa shape index (κ1) is 12.3. The Morgan fingerprint density at radius 3 is 2.83 bits per heavy atom. The molecular formula is C13H13FN2O2. The van der Waals surface area contributed by atoms with Gasteiger partial charge in [-0.15, -0.1) is 0 Å². The molecule has 4 nitrogen and oxygen atoms in total. The molecule has 0 saturated heterocycles. The number of aliphatic hydroxyl groups is 1. The van der Waals surface area contributed by atoms with Crippen LogP contribution in [0.3, 0.4) is 0 Å². The fourth-order valence-corrected chi connectivity index (χ4v) is 1.75. The number of benzene rings is 1. The van der Waals surface area contributed by atoms with Crippen molar-refractivity contribution in [1.29, 1.82) is 0 Å². The van der Waals surface area contributed by atoms with Crippen molar-refractivity contribution in [3.63, 3.8) is 0 Å². The summed E-state index contributed by atoms with van der Waals surface area (Å²) in [5, 5.41) is 12.0. The van der Waals surface area contributed by atoms with Gasteiger partial charge in [0.25, 0.3) is 5.91 Å². The second-order valence-electron chi connectivity index (χ2n) is 4.00. The van der Waals surface area contributed by atoms with Gasteiger partial charge in [0.2, 0.25) is 0 Å². The summed E-state index contributed by atoms with van der Waals surface area (Å²) < 4.78 is 13.4. The minimum Gasteiger partial charge on any atom is -0.510 e. The fraction of sp³-hybridized carbons (Fsp3) is 0.231. The molecule has 0 aliphatic carbocycles. The second kappa shape index (κ2) is 5.00. The summed E-state index contributed by atoms with van der Waals surface area (Å²) in [6.45, 7) is 1.89. The van der Waals surface area contributed by atoms with Crippen LogP contribution in [0, 0.1) is 5.82 Å². The van der Waals surface area contributed by atoms with Crippen molar-refractivity contribution in [1.82, 2.24) is 5.32 Å². The molecule has 5 heteroatoms. The van der Waals surface area contributed by atoms with E-state index in [1.807, 2.05) is 0 Å². The zero-order valence-corrected chi connectivity index (χ0v) is 9.90. The molecule has 0 unspecified atom stereocenters. The van der Waals surface area contributed by atoms with Gasteiger partial charge in [-0.25, -0.2) is 4.39 Å². The van der Waals surface area contributed by atoms with Gasteiger partial charge in [0.15, 0.2) is 0 Å². The maximum Gasteiger partial charge on any atom is 0.256 e. The molecule has 1 aromatic carbocycles. The monoisotopic (exact) mass is 248 g/mol. The van der Waals surface area contributed by atoms with Gasteiger partial charge in [-0.1, -0.05) is 18.2 Å². The van der Waals surface area contributed by atoms with Crippen LogP contribution in [0.1, 0.15) is 12.5 Å². The molecule has 2 rings (SSSR count). The van der Waals surface area contributed by atoms with E-state index in [0.717, 1.165) is 0 Å². The van der Waals surface area contributed by atoms with Crippen molar-refractivity contribution in [3.8, 4) is 0 Å². The van der Waals surface area contributed by atoms with E-state index in [1.165, 1.54) is 6.07 Å². The summed E-state index contributed by atoms with van der Waals surface area (Å²) >= 11 is 0. The van der Waals surface area contributed by atoms with Crippen LogP contribution >= 0.6 is 0 Å². The lowest BCUT2D eigenvalue weighted by atomic mass is 10.1. The van der Waals surface area contributed by atoms with E-state index in [4.69, 9.17) is 0 Å². The van der Waals surface area contributed by atoms with Crippen LogP contribution in [0.2, 0.25) is 0 Å². The van der Waals surface area contributed by atoms with Gasteiger partial charge in [0.1, 0.15) is 11.6 Å². The Labute approximate surface area is 104 Å². The lowest BCUT2D eigenvalue weighted by molar-refractivity contribution is -0.116. The number of nitrogens with one attached hydrogen (secondary N) is 1. The molecule has 1 amide bonds. The summed E-state index contributed by atoms with van der Waals surface area (Å²) in [7, 11) is 0. The largest absolute Gasteiger partial charge is 0.510 e. The third kappa shape index (κ3) is 2.40. The maximum absolute atomic E-state index is 13.4. The molecule has 1 aromatic rings. The molecule has 1 aliphatic rings. The molecule has 0 aromatic heterocycles. The van der Waals surface area contributed by atoms with Gasteiger partial charge in [-0.2, -0.15) is 0 Å². The van der Waals surface area contributed by atoms with Crippen molar-refractivity contribution in [3.05, 3.63) is 47.0 Å². The number of carbonyl (C=O) groups excluding carboxylic acids is 1. The predicted octanol–water partition coefficient (Wildman–Crippen LogP) is 1.73. The van der Waals surface area contributed by atoms with Crippen LogP contribution in [0.25, 0.3) is 0 Å². The summed E-state index contributed by atoms with van der Waals surface area (Å²) in [5.41, 5.74) is 1.05.